The summed E-state index contributed by atoms with van der Waals surface area (Å²) in [6.07, 6.45) is 21.6. The zero-order chi connectivity index (χ0) is 93.0. The summed E-state index contributed by atoms with van der Waals surface area (Å²) in [7, 11) is 0. The highest BCUT2D eigenvalue weighted by Crippen LogP contribution is 2.45. The number of H-pyrrole nitrogens is 4. The van der Waals surface area contributed by atoms with Crippen LogP contribution in [0.3, 0.4) is 0 Å². The monoisotopic (exact) mass is 1820 g/mol. The summed E-state index contributed by atoms with van der Waals surface area (Å²) >= 11 is 0. The summed E-state index contributed by atoms with van der Waals surface area (Å²) < 4.78 is 32.8. The molecule has 15 N–H and O–H groups in total. The first-order chi connectivity index (χ1) is 56.8. The number of carbonyl (C=O) groups is 4. The third-order valence-electron chi connectivity index (χ3n) is 20.7. The van der Waals surface area contributed by atoms with Gasteiger partial charge in [0, 0.05) is 42.0 Å². The SMILES string of the molecule is C=C1NC(=O)C(C)=CC1[C@@H]1O[C@H](CCP(=C)(C)C)[C@@H](O)[C@H]1O.C=Cc1cn([C@@H]2O[C@H](CCP(=C)(C)C)[C@@H](O)[C@H]2O)c(=O)[nH]c1=O.C=P(C)(C)CC[C@H]1O[C@@H](n2cc(/C=C/C(C)=O)c(=O)[nH]c2=O)[C@H](O)[C@@H]1O.C=P(C)(C)CC[C@H]1O[C@@H](n2cc(/C=C/CC)c(=O)[nH]c2=O)[C@H](O)[C@@H]1O.C=P(C)(C)CC[C@H]1O[C@@H](n2cc(C(=O)CC(C)=O)c(=O)[nH]c2=O)[C@H](O)[C@@H]1O. The molecule has 0 radical (unpaired) electrons. The summed E-state index contributed by atoms with van der Waals surface area (Å²) in [6, 6.07) is 0. The molecule has 0 bridgehead atoms. The molecule has 0 aliphatic carbocycles. The van der Waals surface area contributed by atoms with E-state index in [2.05, 4.69) is 118 Å². The molecular formula is C82H126N9O27P5. The van der Waals surface area contributed by atoms with E-state index >= 15 is 0 Å². The van der Waals surface area contributed by atoms with Crippen LogP contribution in [0.15, 0.2) is 106 Å². The molecule has 4 aromatic heterocycles. The topological polar surface area (TPSA) is 548 Å². The number of hydrogen-bond acceptors (Lipinski definition) is 27. The second-order valence-corrected chi connectivity index (χ2v) is 56.7. The Morgan fingerprint density at radius 2 is 0.740 bits per heavy atom. The Hall–Kier alpha value is -7.20. The smallest absolute Gasteiger partial charge is 0.330 e. The molecule has 0 saturated carbocycles. The van der Waals surface area contributed by atoms with Crippen LogP contribution in [0.25, 0.3) is 18.2 Å². The predicted molar refractivity (Wildman–Crippen MR) is 490 cm³/mol. The Balaban J connectivity index is 0.000000238. The minimum atomic E-state index is -1.42. The second-order valence-electron chi connectivity index (χ2n) is 35.1. The summed E-state index contributed by atoms with van der Waals surface area (Å²) in [5, 5.41) is 105. The molecule has 0 spiro atoms. The van der Waals surface area contributed by atoms with Crippen molar-refractivity contribution in [2.75, 3.05) is 97.5 Å². The van der Waals surface area contributed by atoms with Gasteiger partial charge in [0.15, 0.2) is 36.5 Å². The fourth-order valence-corrected chi connectivity index (χ4v) is 18.4. The van der Waals surface area contributed by atoms with Gasteiger partial charge in [-0.05, 0) is 169 Å². The average molecular weight is 1820 g/mol. The average Bonchev–Trinajstić information content (AvgIpc) is 1.69. The van der Waals surface area contributed by atoms with Crippen molar-refractivity contribution in [3.63, 3.8) is 0 Å². The molecule has 10 rings (SSSR count). The lowest BCUT2D eigenvalue weighted by Gasteiger charge is -2.29. The number of Topliss-reactive ketones (excluding diaryl/α,β-unsaturated/α-hetero) is 2. The van der Waals surface area contributed by atoms with Crippen molar-refractivity contribution >= 4 is 107 Å². The standard InChI is InChI=1S/C17H25N2O7P.C17H25N2O6P.C17H27N2O5P.C16H26NO4P.C15H23N2O5P/c1-9(20)7-11(21)10-8-19(17(25)18-15(10)24)16-14(23)13(22)12(26-16)5-6-27(2,3)4;1-10(20)5-6-11-9-19(17(24)18-15(11)23)16-14(22)13(21)12(25-16)7-8-26(2,3)4;1-5-6-7-11-10-19(17(23)18-15(11)22)16-14(21)13(20)12(24-16)8-9-25(2,3)4;1-9-8-11(10(2)17-16(9)20)15-14(19)13(18)12(21-15)6-7-22(3,4)5;1-5-9-8-17(15(21)16-13(9)20)14-12(19)11(18)10(22-14)6-7-23(2,3)4/h8,12-14,16,22-23H,2,5-7H2,1,3-4H3,(H,18,24,25);5-6,9,12-14,16,21-22H,2,7-8H2,1,3-4H3,(H,18,23,24);6-7,10,12-14,16,20-21H,2,5,8-9H2,1,3-4H3,(H,18,22,23);8,11-15,18-19H,2-3,6-7H2,1,4-5H3,(H,17,20);5,8,10-12,14,18-19H,1-2,6-7H2,3-4H3,(H,16,20,21)/b;6-5+;7-6+;;/t3*12-,13-,14-,16-;11?,12-,13-,14-,15+;10-,11-,12-,14-/m11111/s1. The highest BCUT2D eigenvalue weighted by atomic mass is 31.2. The van der Waals surface area contributed by atoms with Crippen LogP contribution >= 0.6 is 34.4 Å². The molecule has 123 heavy (non-hydrogen) atoms. The van der Waals surface area contributed by atoms with Gasteiger partial charge in [0.05, 0.1) is 65.3 Å². The van der Waals surface area contributed by atoms with Gasteiger partial charge < -0.3 is 80.1 Å². The first kappa shape index (κ1) is 105. The van der Waals surface area contributed by atoms with E-state index < -0.39 is 220 Å². The van der Waals surface area contributed by atoms with Gasteiger partial charge in [-0.2, -0.15) is 0 Å². The van der Waals surface area contributed by atoms with Crippen molar-refractivity contribution in [1.82, 2.24) is 43.5 Å². The van der Waals surface area contributed by atoms with Crippen molar-refractivity contribution < 1.29 is 93.9 Å². The molecule has 1 unspecified atom stereocenters. The van der Waals surface area contributed by atoms with Crippen molar-refractivity contribution in [2.24, 2.45) is 5.92 Å². The maximum atomic E-state index is 12.2. The molecule has 41 heteroatoms. The number of aliphatic hydroxyl groups excluding tert-OH is 10. The lowest BCUT2D eigenvalue weighted by atomic mass is 9.89. The maximum Gasteiger partial charge on any atom is 0.330 e. The molecule has 36 nitrogen and oxygen atoms in total. The number of aliphatic hydroxyl groups is 10. The predicted octanol–water partition coefficient (Wildman–Crippen LogP) is 0.631. The van der Waals surface area contributed by atoms with E-state index in [0.717, 1.165) is 61.7 Å². The van der Waals surface area contributed by atoms with Gasteiger partial charge in [-0.25, -0.2) is 19.2 Å². The van der Waals surface area contributed by atoms with Gasteiger partial charge in [-0.15, -0.1) is 65.9 Å². The lowest BCUT2D eigenvalue weighted by Crippen LogP contribution is -2.41. The van der Waals surface area contributed by atoms with Gasteiger partial charge >= 0.3 is 22.8 Å². The van der Waals surface area contributed by atoms with Crippen molar-refractivity contribution in [3.05, 3.63) is 173 Å². The van der Waals surface area contributed by atoms with E-state index in [0.29, 0.717) is 48.9 Å². The summed E-state index contributed by atoms with van der Waals surface area (Å²) in [5.74, 6) is -1.94. The van der Waals surface area contributed by atoms with Gasteiger partial charge in [-0.3, -0.25) is 76.6 Å². The van der Waals surface area contributed by atoms with Gasteiger partial charge in [0.2, 0.25) is 0 Å². The van der Waals surface area contributed by atoms with Crippen molar-refractivity contribution in [2.45, 2.75) is 195 Å². The Labute approximate surface area is 713 Å². The summed E-state index contributed by atoms with van der Waals surface area (Å²) in [6.45, 7) is 27.8. The Bertz CT molecular complexity index is 5350. The van der Waals surface area contributed by atoms with E-state index in [1.807, 2.05) is 25.2 Å². The van der Waals surface area contributed by atoms with Gasteiger partial charge in [0.25, 0.3) is 28.1 Å². The summed E-state index contributed by atoms with van der Waals surface area (Å²) in [5.41, 5.74) is -4.46. The van der Waals surface area contributed by atoms with Crippen LogP contribution in [-0.4, -0.2) is 339 Å². The molecule has 6 aliphatic heterocycles. The zero-order valence-corrected chi connectivity index (χ0v) is 76.7. The van der Waals surface area contributed by atoms with Crippen molar-refractivity contribution in [1.29, 1.82) is 0 Å². The molecule has 686 valence electrons. The number of hydrogen-bond donors (Lipinski definition) is 15. The summed E-state index contributed by atoms with van der Waals surface area (Å²) in [4.78, 5) is 150. The highest BCUT2D eigenvalue weighted by molar-refractivity contribution is 7.73. The van der Waals surface area contributed by atoms with Gasteiger partial charge in [-0.1, -0.05) is 44.4 Å². The highest BCUT2D eigenvalue weighted by Gasteiger charge is 2.50. The molecule has 21 atom stereocenters. The van der Waals surface area contributed by atoms with Crippen LogP contribution in [0.4, 0.5) is 0 Å². The Morgan fingerprint density at radius 3 is 1.06 bits per heavy atom. The second kappa shape index (κ2) is 44.0. The van der Waals surface area contributed by atoms with E-state index in [1.165, 1.54) is 50.7 Å². The maximum absolute atomic E-state index is 12.2. The number of aromatic amines is 4. The van der Waals surface area contributed by atoms with Crippen molar-refractivity contribution in [3.8, 4) is 0 Å². The van der Waals surface area contributed by atoms with E-state index in [-0.39, 0.29) is 34.3 Å². The number of amides is 1. The third kappa shape index (κ3) is 29.7. The first-order valence-electron chi connectivity index (χ1n) is 39.8. The number of rotatable bonds is 28. The Morgan fingerprint density at radius 1 is 0.439 bits per heavy atom. The van der Waals surface area contributed by atoms with Crippen LogP contribution < -0.4 is 50.3 Å². The number of nitrogens with one attached hydrogen (secondary N) is 5. The minimum absolute atomic E-state index is 0.0679. The molecule has 6 aliphatic rings. The number of aromatic nitrogens is 8. The van der Waals surface area contributed by atoms with E-state index in [4.69, 9.17) is 23.7 Å². The molecule has 5 saturated heterocycles. The van der Waals surface area contributed by atoms with Gasteiger partial charge in [0.1, 0.15) is 66.8 Å². The van der Waals surface area contributed by atoms with E-state index in [9.17, 15) is 109 Å². The quantitative estimate of drug-likeness (QED) is 0.0160. The molecule has 4 aromatic rings. The van der Waals surface area contributed by atoms with Crippen LogP contribution in [0.1, 0.15) is 125 Å². The normalized spacial score (nSPS) is 28.5. The molecule has 5 fully saturated rings. The minimum Gasteiger partial charge on any atom is -0.388 e. The van der Waals surface area contributed by atoms with E-state index in [1.54, 1.807) is 25.2 Å². The fraction of sp³-hybridized carbons (Fsp3) is 0.573. The molecule has 1 amide bonds. The number of carbonyl (C=O) groups excluding carboxylic acids is 4. The molecule has 0 aromatic carbocycles. The van der Waals surface area contributed by atoms with Crippen LogP contribution in [-0.2, 0) is 38.1 Å². The fourth-order valence-electron chi connectivity index (χ4n) is 13.7. The Kier molecular flexibility index (Phi) is 37.4. The largest absolute Gasteiger partial charge is 0.388 e. The molecular weight excluding hydrogens is 1700 g/mol. The van der Waals surface area contributed by atoms with Crippen LogP contribution in [0, 0.1) is 5.92 Å². The number of ether oxygens (including phenoxy) is 5. The number of ketones is 3. The van der Waals surface area contributed by atoms with Crippen LogP contribution in [0.2, 0.25) is 0 Å². The van der Waals surface area contributed by atoms with Crippen LogP contribution in [0.5, 0.6) is 0 Å². The first-order valence-corrected chi connectivity index (χ1v) is 55.1. The zero-order valence-electron chi connectivity index (χ0n) is 72.3. The molecule has 10 heterocycles. The lowest BCUT2D eigenvalue weighted by molar-refractivity contribution is -0.118. The number of nitrogens with zero attached hydrogens (tertiary/aromatic N) is 4. The third-order valence-corrected chi connectivity index (χ3v) is 28.0. The number of allylic oxidation sites excluding steroid dienone is 2.